The second-order valence-corrected chi connectivity index (χ2v) is 5.34. The number of hydrogen-bond acceptors (Lipinski definition) is 2. The highest BCUT2D eigenvalue weighted by atomic mass is 16.5. The van der Waals surface area contributed by atoms with E-state index in [0.717, 1.165) is 24.6 Å². The standard InChI is InChI=1S/C15H21NO/c1-17-13-5-6-14-12(10-13)8-9-16-15(14)7-4-11-2-3-11/h5-6,10-11,15-16H,2-4,7-9H2,1H3. The topological polar surface area (TPSA) is 21.3 Å². The van der Waals surface area contributed by atoms with Gasteiger partial charge in [-0.3, -0.25) is 0 Å². The quantitative estimate of drug-likeness (QED) is 0.860. The molecule has 0 spiro atoms. The van der Waals surface area contributed by atoms with Crippen LogP contribution < -0.4 is 10.1 Å². The summed E-state index contributed by atoms with van der Waals surface area (Å²) in [5.74, 6) is 2.02. The molecule has 2 nitrogen and oxygen atoms in total. The first kappa shape index (κ1) is 11.1. The fourth-order valence-electron chi connectivity index (χ4n) is 2.82. The number of ether oxygens (including phenoxy) is 1. The lowest BCUT2D eigenvalue weighted by Crippen LogP contribution is -2.29. The maximum absolute atomic E-state index is 5.30. The van der Waals surface area contributed by atoms with E-state index in [1.54, 1.807) is 7.11 Å². The Kier molecular flexibility index (Phi) is 3.06. The van der Waals surface area contributed by atoms with Crippen molar-refractivity contribution < 1.29 is 4.74 Å². The molecule has 0 aromatic heterocycles. The minimum absolute atomic E-state index is 0.574. The first-order valence-corrected chi connectivity index (χ1v) is 6.77. The Morgan fingerprint density at radius 3 is 2.94 bits per heavy atom. The molecule has 3 rings (SSSR count). The number of nitrogens with one attached hydrogen (secondary N) is 1. The first-order chi connectivity index (χ1) is 8.36. The monoisotopic (exact) mass is 231 g/mol. The molecule has 1 atom stereocenters. The highest BCUT2D eigenvalue weighted by Crippen LogP contribution is 2.37. The van der Waals surface area contributed by atoms with Crippen LogP contribution in [-0.4, -0.2) is 13.7 Å². The molecule has 2 heteroatoms. The Hall–Kier alpha value is -1.02. The summed E-state index contributed by atoms with van der Waals surface area (Å²) in [7, 11) is 1.74. The summed E-state index contributed by atoms with van der Waals surface area (Å²) >= 11 is 0. The molecule has 0 saturated heterocycles. The minimum Gasteiger partial charge on any atom is -0.497 e. The van der Waals surface area contributed by atoms with Gasteiger partial charge in [-0.25, -0.2) is 0 Å². The maximum Gasteiger partial charge on any atom is 0.119 e. The number of fused-ring (bicyclic) bond motifs is 1. The van der Waals surface area contributed by atoms with Gasteiger partial charge in [-0.15, -0.1) is 0 Å². The average molecular weight is 231 g/mol. The Labute approximate surface area is 103 Å². The van der Waals surface area contributed by atoms with E-state index in [-0.39, 0.29) is 0 Å². The summed E-state index contributed by atoms with van der Waals surface area (Å²) in [5.41, 5.74) is 2.97. The summed E-state index contributed by atoms with van der Waals surface area (Å²) < 4.78 is 5.30. The normalized spacial score (nSPS) is 23.2. The highest BCUT2D eigenvalue weighted by Gasteiger charge is 2.25. The SMILES string of the molecule is COc1ccc2c(c1)CCNC2CCC1CC1. The lowest BCUT2D eigenvalue weighted by atomic mass is 9.91. The highest BCUT2D eigenvalue weighted by molar-refractivity contribution is 5.39. The van der Waals surface area contributed by atoms with Crippen LogP contribution in [0.3, 0.4) is 0 Å². The van der Waals surface area contributed by atoms with E-state index in [2.05, 4.69) is 23.5 Å². The molecule has 1 aliphatic heterocycles. The van der Waals surface area contributed by atoms with Gasteiger partial charge in [0.15, 0.2) is 0 Å². The van der Waals surface area contributed by atoms with Gasteiger partial charge in [0, 0.05) is 6.04 Å². The predicted molar refractivity (Wildman–Crippen MR) is 69.4 cm³/mol. The lowest BCUT2D eigenvalue weighted by molar-refractivity contribution is 0.410. The van der Waals surface area contributed by atoms with Crippen LogP contribution in [0.15, 0.2) is 18.2 Å². The zero-order chi connectivity index (χ0) is 11.7. The van der Waals surface area contributed by atoms with Crippen LogP contribution in [-0.2, 0) is 6.42 Å². The third-order valence-corrected chi connectivity index (χ3v) is 4.07. The Bertz CT molecular complexity index is 398. The second-order valence-electron chi connectivity index (χ2n) is 5.34. The number of benzene rings is 1. The summed E-state index contributed by atoms with van der Waals surface area (Å²) in [6, 6.07) is 7.12. The van der Waals surface area contributed by atoms with Crippen LogP contribution in [0.1, 0.15) is 42.9 Å². The largest absolute Gasteiger partial charge is 0.497 e. The van der Waals surface area contributed by atoms with E-state index in [0.29, 0.717) is 6.04 Å². The van der Waals surface area contributed by atoms with Crippen LogP contribution in [0.5, 0.6) is 5.75 Å². The van der Waals surface area contributed by atoms with E-state index in [1.807, 2.05) is 0 Å². The first-order valence-electron chi connectivity index (χ1n) is 6.77. The van der Waals surface area contributed by atoms with Crippen LogP contribution in [0, 0.1) is 5.92 Å². The van der Waals surface area contributed by atoms with Crippen molar-refractivity contribution in [2.24, 2.45) is 5.92 Å². The second kappa shape index (κ2) is 4.69. The molecule has 0 bridgehead atoms. The van der Waals surface area contributed by atoms with Crippen molar-refractivity contribution in [3.8, 4) is 5.75 Å². The molecule has 1 fully saturated rings. The van der Waals surface area contributed by atoms with Crippen LogP contribution in [0.25, 0.3) is 0 Å². The molecule has 1 aromatic rings. The van der Waals surface area contributed by atoms with Crippen molar-refractivity contribution in [2.75, 3.05) is 13.7 Å². The van der Waals surface area contributed by atoms with Crippen molar-refractivity contribution >= 4 is 0 Å². The fraction of sp³-hybridized carbons (Fsp3) is 0.600. The van der Waals surface area contributed by atoms with Gasteiger partial charge < -0.3 is 10.1 Å². The molecule has 1 heterocycles. The molecular weight excluding hydrogens is 210 g/mol. The average Bonchev–Trinajstić information content (AvgIpc) is 3.19. The third-order valence-electron chi connectivity index (χ3n) is 4.07. The Morgan fingerprint density at radius 1 is 1.29 bits per heavy atom. The third kappa shape index (κ3) is 2.47. The van der Waals surface area contributed by atoms with E-state index in [1.165, 1.54) is 36.8 Å². The van der Waals surface area contributed by atoms with Crippen molar-refractivity contribution in [3.63, 3.8) is 0 Å². The van der Waals surface area contributed by atoms with E-state index in [4.69, 9.17) is 4.74 Å². The van der Waals surface area contributed by atoms with Gasteiger partial charge in [0.05, 0.1) is 7.11 Å². The van der Waals surface area contributed by atoms with Crippen LogP contribution in [0.2, 0.25) is 0 Å². The lowest BCUT2D eigenvalue weighted by Gasteiger charge is -2.27. The Balaban J connectivity index is 1.75. The zero-order valence-electron chi connectivity index (χ0n) is 10.5. The number of rotatable bonds is 4. The van der Waals surface area contributed by atoms with Gasteiger partial charge in [0.25, 0.3) is 0 Å². The summed E-state index contributed by atoms with van der Waals surface area (Å²) in [4.78, 5) is 0. The molecule has 2 aliphatic rings. The summed E-state index contributed by atoms with van der Waals surface area (Å²) in [5, 5.41) is 3.66. The molecule has 17 heavy (non-hydrogen) atoms. The number of hydrogen-bond donors (Lipinski definition) is 1. The van der Waals surface area contributed by atoms with Gasteiger partial charge in [0.2, 0.25) is 0 Å². The minimum atomic E-state index is 0.574. The molecule has 1 N–H and O–H groups in total. The fourth-order valence-corrected chi connectivity index (χ4v) is 2.82. The van der Waals surface area contributed by atoms with Crippen molar-refractivity contribution in [1.82, 2.24) is 5.32 Å². The maximum atomic E-state index is 5.30. The molecule has 1 saturated carbocycles. The van der Waals surface area contributed by atoms with E-state index < -0.39 is 0 Å². The van der Waals surface area contributed by atoms with Crippen LogP contribution >= 0.6 is 0 Å². The molecule has 1 aliphatic carbocycles. The van der Waals surface area contributed by atoms with Crippen LogP contribution in [0.4, 0.5) is 0 Å². The smallest absolute Gasteiger partial charge is 0.119 e. The molecule has 0 radical (unpaired) electrons. The van der Waals surface area contributed by atoms with Gasteiger partial charge in [-0.1, -0.05) is 18.9 Å². The molecule has 0 amide bonds. The number of methoxy groups -OCH3 is 1. The van der Waals surface area contributed by atoms with E-state index in [9.17, 15) is 0 Å². The van der Waals surface area contributed by atoms with Gasteiger partial charge in [-0.2, -0.15) is 0 Å². The molecule has 92 valence electrons. The molecule has 1 aromatic carbocycles. The molecule has 1 unspecified atom stereocenters. The van der Waals surface area contributed by atoms with Gasteiger partial charge >= 0.3 is 0 Å². The Morgan fingerprint density at radius 2 is 2.18 bits per heavy atom. The van der Waals surface area contributed by atoms with Crippen molar-refractivity contribution in [3.05, 3.63) is 29.3 Å². The van der Waals surface area contributed by atoms with Gasteiger partial charge in [-0.05, 0) is 55.0 Å². The van der Waals surface area contributed by atoms with E-state index >= 15 is 0 Å². The summed E-state index contributed by atoms with van der Waals surface area (Å²) in [6.45, 7) is 1.11. The van der Waals surface area contributed by atoms with Gasteiger partial charge in [0.1, 0.15) is 5.75 Å². The zero-order valence-corrected chi connectivity index (χ0v) is 10.5. The van der Waals surface area contributed by atoms with Crippen molar-refractivity contribution in [1.29, 1.82) is 0 Å². The summed E-state index contributed by atoms with van der Waals surface area (Å²) in [6.07, 6.45) is 6.74. The molecular formula is C15H21NO. The predicted octanol–water partition coefficient (Wildman–Crippen LogP) is 3.07. The van der Waals surface area contributed by atoms with Crippen molar-refractivity contribution in [2.45, 2.75) is 38.1 Å².